The molecular weight excluding hydrogens is 278 g/mol. The van der Waals surface area contributed by atoms with Crippen molar-refractivity contribution in [3.8, 4) is 11.1 Å². The van der Waals surface area contributed by atoms with Crippen molar-refractivity contribution < 1.29 is 0 Å². The maximum absolute atomic E-state index is 4.40. The summed E-state index contributed by atoms with van der Waals surface area (Å²) in [7, 11) is 0. The molecule has 0 amide bonds. The molecule has 3 rings (SSSR count). The van der Waals surface area contributed by atoms with Crippen LogP contribution in [0.25, 0.3) is 17.2 Å². The molecule has 1 unspecified atom stereocenters. The molecule has 0 N–H and O–H groups in total. The number of aromatic nitrogens is 1. The highest BCUT2D eigenvalue weighted by Gasteiger charge is 2.06. The first-order chi connectivity index (χ1) is 11.4. The lowest BCUT2D eigenvalue weighted by Gasteiger charge is -2.10. The maximum atomic E-state index is 4.40. The van der Waals surface area contributed by atoms with Gasteiger partial charge in [-0.15, -0.1) is 6.58 Å². The average molecular weight is 297 g/mol. The van der Waals surface area contributed by atoms with E-state index < -0.39 is 0 Å². The minimum Gasteiger partial charge on any atom is -0.264 e. The Hall–Kier alpha value is -2.93. The standard InChI is InChI=1S/C22H19N/c1-2-19(14-13-18-9-5-3-6-10-18)21-15-22(17-23-16-21)20-11-7-4-8-12-20/h2-17,19H,1H2/b14-13+. The van der Waals surface area contributed by atoms with E-state index >= 15 is 0 Å². The summed E-state index contributed by atoms with van der Waals surface area (Å²) in [4.78, 5) is 4.40. The van der Waals surface area contributed by atoms with Gasteiger partial charge < -0.3 is 0 Å². The zero-order valence-corrected chi connectivity index (χ0v) is 13.0. The third kappa shape index (κ3) is 3.83. The topological polar surface area (TPSA) is 12.9 Å². The second kappa shape index (κ2) is 7.37. The van der Waals surface area contributed by atoms with Crippen molar-refractivity contribution in [2.45, 2.75) is 5.92 Å². The number of hydrogen-bond acceptors (Lipinski definition) is 1. The van der Waals surface area contributed by atoms with Crippen molar-refractivity contribution in [3.05, 3.63) is 109 Å². The summed E-state index contributed by atoms with van der Waals surface area (Å²) < 4.78 is 0. The monoisotopic (exact) mass is 297 g/mol. The fraction of sp³-hybridized carbons (Fsp3) is 0.0455. The molecule has 0 spiro atoms. The van der Waals surface area contributed by atoms with Crippen LogP contribution in [-0.4, -0.2) is 4.98 Å². The van der Waals surface area contributed by atoms with Gasteiger partial charge >= 0.3 is 0 Å². The molecule has 0 radical (unpaired) electrons. The van der Waals surface area contributed by atoms with Crippen molar-refractivity contribution >= 4 is 6.08 Å². The molecule has 0 saturated heterocycles. The summed E-state index contributed by atoms with van der Waals surface area (Å²) in [6.07, 6.45) is 10.1. The second-order valence-electron chi connectivity index (χ2n) is 5.40. The molecule has 0 bridgehead atoms. The van der Waals surface area contributed by atoms with Gasteiger partial charge in [0.15, 0.2) is 0 Å². The van der Waals surface area contributed by atoms with Gasteiger partial charge in [0.25, 0.3) is 0 Å². The molecule has 3 aromatic rings. The van der Waals surface area contributed by atoms with E-state index in [9.17, 15) is 0 Å². The average Bonchev–Trinajstić information content (AvgIpc) is 2.64. The molecule has 1 atom stereocenters. The molecule has 0 aliphatic heterocycles. The van der Waals surface area contributed by atoms with Crippen LogP contribution in [0.15, 0.2) is 97.9 Å². The Morgan fingerprint density at radius 3 is 2.22 bits per heavy atom. The van der Waals surface area contributed by atoms with E-state index in [1.54, 1.807) is 0 Å². The first-order valence-electron chi connectivity index (χ1n) is 7.73. The van der Waals surface area contributed by atoms with Crippen molar-refractivity contribution in [3.63, 3.8) is 0 Å². The number of pyridine rings is 1. The van der Waals surface area contributed by atoms with Crippen LogP contribution in [0, 0.1) is 0 Å². The van der Waals surface area contributed by atoms with Gasteiger partial charge in [-0.3, -0.25) is 4.98 Å². The Labute approximate surface area is 137 Å². The van der Waals surface area contributed by atoms with Gasteiger partial charge in [0.05, 0.1) is 0 Å². The Morgan fingerprint density at radius 1 is 0.826 bits per heavy atom. The van der Waals surface area contributed by atoms with Crippen molar-refractivity contribution in [1.29, 1.82) is 0 Å². The molecule has 1 heterocycles. The minimum absolute atomic E-state index is 0.145. The Kier molecular flexibility index (Phi) is 4.80. The minimum atomic E-state index is 0.145. The summed E-state index contributed by atoms with van der Waals surface area (Å²) in [5.74, 6) is 0.145. The zero-order valence-electron chi connectivity index (χ0n) is 13.0. The maximum Gasteiger partial charge on any atom is 0.0346 e. The van der Waals surface area contributed by atoms with Gasteiger partial charge in [0.2, 0.25) is 0 Å². The molecule has 1 heteroatoms. The quantitative estimate of drug-likeness (QED) is 0.548. The van der Waals surface area contributed by atoms with Gasteiger partial charge in [-0.05, 0) is 22.8 Å². The number of nitrogens with zero attached hydrogens (tertiary/aromatic N) is 1. The van der Waals surface area contributed by atoms with Crippen molar-refractivity contribution in [2.75, 3.05) is 0 Å². The Bertz CT molecular complexity index is 788. The van der Waals surface area contributed by atoms with E-state index in [4.69, 9.17) is 0 Å². The molecule has 23 heavy (non-hydrogen) atoms. The lowest BCUT2D eigenvalue weighted by molar-refractivity contribution is 1.07. The fourth-order valence-electron chi connectivity index (χ4n) is 2.53. The highest BCUT2D eigenvalue weighted by Crippen LogP contribution is 2.25. The van der Waals surface area contributed by atoms with E-state index in [2.05, 4.69) is 54.0 Å². The summed E-state index contributed by atoms with van der Waals surface area (Å²) >= 11 is 0. The molecule has 112 valence electrons. The van der Waals surface area contributed by atoms with Crippen LogP contribution in [0.1, 0.15) is 17.0 Å². The van der Waals surface area contributed by atoms with Gasteiger partial charge in [0, 0.05) is 23.9 Å². The fourth-order valence-corrected chi connectivity index (χ4v) is 2.53. The lowest BCUT2D eigenvalue weighted by Crippen LogP contribution is -1.93. The molecule has 0 aliphatic rings. The van der Waals surface area contributed by atoms with E-state index in [0.29, 0.717) is 0 Å². The predicted octanol–water partition coefficient (Wildman–Crippen LogP) is 5.73. The van der Waals surface area contributed by atoms with Gasteiger partial charge in [-0.2, -0.15) is 0 Å². The van der Waals surface area contributed by atoms with E-state index in [-0.39, 0.29) is 5.92 Å². The van der Waals surface area contributed by atoms with Gasteiger partial charge in [-0.1, -0.05) is 78.9 Å². The summed E-state index contributed by atoms with van der Waals surface area (Å²) in [5.41, 5.74) is 4.64. The SMILES string of the molecule is C=CC(/C=C/c1ccccc1)c1cncc(-c2ccccc2)c1. The second-order valence-corrected chi connectivity index (χ2v) is 5.40. The van der Waals surface area contributed by atoms with E-state index in [1.807, 2.05) is 54.9 Å². The van der Waals surface area contributed by atoms with Crippen LogP contribution in [-0.2, 0) is 0 Å². The molecule has 1 nitrogen and oxygen atoms in total. The molecular formula is C22H19N. The lowest BCUT2D eigenvalue weighted by atomic mass is 9.96. The molecule has 0 fully saturated rings. The first-order valence-corrected chi connectivity index (χ1v) is 7.73. The number of allylic oxidation sites excluding steroid dienone is 2. The number of rotatable bonds is 5. The summed E-state index contributed by atoms with van der Waals surface area (Å²) in [6, 6.07) is 22.8. The number of benzene rings is 2. The Morgan fingerprint density at radius 2 is 1.52 bits per heavy atom. The first kappa shape index (κ1) is 15.0. The van der Waals surface area contributed by atoms with Crippen LogP contribution in [0.4, 0.5) is 0 Å². The van der Waals surface area contributed by atoms with Gasteiger partial charge in [-0.25, -0.2) is 0 Å². The molecule has 2 aromatic carbocycles. The normalized spacial score (nSPS) is 12.2. The summed E-state index contributed by atoms with van der Waals surface area (Å²) in [5, 5.41) is 0. The van der Waals surface area contributed by atoms with Crippen LogP contribution >= 0.6 is 0 Å². The number of hydrogen-bond donors (Lipinski definition) is 0. The van der Waals surface area contributed by atoms with Crippen LogP contribution in [0.2, 0.25) is 0 Å². The van der Waals surface area contributed by atoms with E-state index in [1.165, 1.54) is 11.1 Å². The van der Waals surface area contributed by atoms with Crippen LogP contribution in [0.5, 0.6) is 0 Å². The van der Waals surface area contributed by atoms with Crippen LogP contribution < -0.4 is 0 Å². The van der Waals surface area contributed by atoms with Crippen molar-refractivity contribution in [1.82, 2.24) is 4.98 Å². The molecule has 1 aromatic heterocycles. The molecule has 0 saturated carbocycles. The third-order valence-electron chi connectivity index (χ3n) is 3.80. The van der Waals surface area contributed by atoms with E-state index in [0.717, 1.165) is 11.1 Å². The predicted molar refractivity (Wildman–Crippen MR) is 98.1 cm³/mol. The molecule has 0 aliphatic carbocycles. The van der Waals surface area contributed by atoms with Crippen molar-refractivity contribution in [2.24, 2.45) is 0 Å². The van der Waals surface area contributed by atoms with Gasteiger partial charge in [0.1, 0.15) is 0 Å². The third-order valence-corrected chi connectivity index (χ3v) is 3.80. The van der Waals surface area contributed by atoms with Crippen LogP contribution in [0.3, 0.4) is 0 Å². The summed E-state index contributed by atoms with van der Waals surface area (Å²) in [6.45, 7) is 3.97. The smallest absolute Gasteiger partial charge is 0.0346 e. The Balaban J connectivity index is 1.87. The largest absolute Gasteiger partial charge is 0.264 e. The highest BCUT2D eigenvalue weighted by atomic mass is 14.6. The highest BCUT2D eigenvalue weighted by molar-refractivity contribution is 5.63. The zero-order chi connectivity index (χ0) is 15.9.